The van der Waals surface area contributed by atoms with E-state index in [-0.39, 0.29) is 28.1 Å². The molecule has 4 atom stereocenters. The molecule has 0 saturated heterocycles. The highest BCUT2D eigenvalue weighted by molar-refractivity contribution is 7.13. The van der Waals surface area contributed by atoms with Gasteiger partial charge in [-0.15, -0.1) is 11.3 Å². The van der Waals surface area contributed by atoms with Gasteiger partial charge in [-0.1, -0.05) is 13.0 Å². The van der Waals surface area contributed by atoms with Crippen LogP contribution in [0.1, 0.15) is 48.7 Å². The average molecular weight is 460 g/mol. The van der Waals surface area contributed by atoms with Crippen molar-refractivity contribution < 1.29 is 23.8 Å². The number of anilines is 1. The maximum absolute atomic E-state index is 14.0. The summed E-state index contributed by atoms with van der Waals surface area (Å²) in [5, 5.41) is 25.2. The molecule has 3 aromatic rings. The molecular weight excluding hydrogens is 436 g/mol. The van der Waals surface area contributed by atoms with Gasteiger partial charge in [0.25, 0.3) is 5.91 Å². The number of thiazole rings is 1. The molecule has 1 aliphatic carbocycles. The molecule has 2 heterocycles. The first-order valence-electron chi connectivity index (χ1n) is 10.2. The lowest BCUT2D eigenvalue weighted by atomic mass is 9.69. The maximum Gasteiger partial charge on any atom is 0.275 e. The van der Waals surface area contributed by atoms with Crippen LogP contribution in [0.15, 0.2) is 42.0 Å². The van der Waals surface area contributed by atoms with Gasteiger partial charge < -0.3 is 15.5 Å². The molecule has 4 rings (SSSR count). The van der Waals surface area contributed by atoms with E-state index in [0.717, 1.165) is 29.0 Å². The smallest absolute Gasteiger partial charge is 0.275 e. The van der Waals surface area contributed by atoms with Crippen LogP contribution in [0.5, 0.6) is 0 Å². The molecule has 168 valence electrons. The van der Waals surface area contributed by atoms with Gasteiger partial charge in [0.1, 0.15) is 22.3 Å². The SMILES string of the molecule is C[C@H]1C[C@@H](c2ccncc2NC(=O)c2csc(-c3c(F)cccc3F)n2)C[C@@H](O)[C@]1(C)O. The summed E-state index contributed by atoms with van der Waals surface area (Å²) in [4.78, 5) is 21.0. The summed E-state index contributed by atoms with van der Waals surface area (Å²) >= 11 is 0.974. The number of halogens is 2. The molecule has 6 nitrogen and oxygen atoms in total. The fraction of sp³-hybridized carbons (Fsp3) is 0.348. The summed E-state index contributed by atoms with van der Waals surface area (Å²) < 4.78 is 28.1. The predicted octanol–water partition coefficient (Wildman–Crippen LogP) is 4.36. The van der Waals surface area contributed by atoms with E-state index in [0.29, 0.717) is 18.5 Å². The largest absolute Gasteiger partial charge is 0.390 e. The second-order valence-corrected chi connectivity index (χ2v) is 9.22. The van der Waals surface area contributed by atoms with E-state index in [9.17, 15) is 23.8 Å². The van der Waals surface area contributed by atoms with Crippen molar-refractivity contribution in [1.82, 2.24) is 9.97 Å². The van der Waals surface area contributed by atoms with Crippen molar-refractivity contribution in [3.05, 3.63) is 64.9 Å². The number of aliphatic hydroxyl groups excluding tert-OH is 1. The third-order valence-electron chi connectivity index (χ3n) is 6.27. The van der Waals surface area contributed by atoms with Crippen molar-refractivity contribution in [3.63, 3.8) is 0 Å². The summed E-state index contributed by atoms with van der Waals surface area (Å²) in [5.41, 5.74) is -0.148. The van der Waals surface area contributed by atoms with Crippen LogP contribution in [-0.4, -0.2) is 37.8 Å². The number of nitrogens with one attached hydrogen (secondary N) is 1. The summed E-state index contributed by atoms with van der Waals surface area (Å²) in [6.07, 6.45) is 3.20. The number of nitrogens with zero attached hydrogens (tertiary/aromatic N) is 2. The molecule has 2 aromatic heterocycles. The molecule has 0 bridgehead atoms. The molecule has 32 heavy (non-hydrogen) atoms. The molecule has 1 aliphatic rings. The van der Waals surface area contributed by atoms with E-state index in [2.05, 4.69) is 15.3 Å². The van der Waals surface area contributed by atoms with Gasteiger partial charge in [0.2, 0.25) is 0 Å². The first-order chi connectivity index (χ1) is 15.2. The molecule has 9 heteroatoms. The third kappa shape index (κ3) is 4.15. The number of aliphatic hydroxyl groups is 2. The third-order valence-corrected chi connectivity index (χ3v) is 7.13. The highest BCUT2D eigenvalue weighted by Gasteiger charge is 2.43. The Kier molecular flexibility index (Phi) is 6.07. The molecule has 0 spiro atoms. The molecule has 1 fully saturated rings. The zero-order valence-electron chi connectivity index (χ0n) is 17.5. The van der Waals surface area contributed by atoms with Crippen molar-refractivity contribution in [2.45, 2.75) is 44.3 Å². The van der Waals surface area contributed by atoms with Crippen LogP contribution < -0.4 is 5.32 Å². The van der Waals surface area contributed by atoms with Crippen LogP contribution in [0.4, 0.5) is 14.5 Å². The number of pyridine rings is 1. The molecule has 0 unspecified atom stereocenters. The van der Waals surface area contributed by atoms with Crippen molar-refractivity contribution in [2.24, 2.45) is 5.92 Å². The first-order valence-corrected chi connectivity index (χ1v) is 11.1. The zero-order valence-corrected chi connectivity index (χ0v) is 18.4. The van der Waals surface area contributed by atoms with Crippen molar-refractivity contribution >= 4 is 22.9 Å². The van der Waals surface area contributed by atoms with Crippen LogP contribution in [0.25, 0.3) is 10.6 Å². The maximum atomic E-state index is 14.0. The molecule has 1 amide bonds. The summed E-state index contributed by atoms with van der Waals surface area (Å²) in [6, 6.07) is 5.32. The Morgan fingerprint density at radius 3 is 2.66 bits per heavy atom. The van der Waals surface area contributed by atoms with Gasteiger partial charge in [0.15, 0.2) is 0 Å². The topological polar surface area (TPSA) is 95.3 Å². The van der Waals surface area contributed by atoms with Crippen LogP contribution in [-0.2, 0) is 0 Å². The Morgan fingerprint density at radius 1 is 1.25 bits per heavy atom. The molecule has 0 radical (unpaired) electrons. The standard InChI is InChI=1S/C23H23F2N3O3S/c1-12-8-13(9-19(29)23(12,2)31)14-6-7-26-10-17(14)27-21(30)18-11-32-22(28-18)20-15(24)4-3-5-16(20)25/h3-7,10-13,19,29,31H,8-9H2,1-2H3,(H,27,30)/t12-,13+,19+,23+/m0/s1. The predicted molar refractivity (Wildman–Crippen MR) is 117 cm³/mol. The Morgan fingerprint density at radius 2 is 1.97 bits per heavy atom. The Balaban J connectivity index is 1.56. The monoisotopic (exact) mass is 459 g/mol. The summed E-state index contributed by atoms with van der Waals surface area (Å²) in [6.45, 7) is 3.51. The van der Waals surface area contributed by atoms with Gasteiger partial charge in [-0.05, 0) is 55.4 Å². The van der Waals surface area contributed by atoms with Gasteiger partial charge in [-0.25, -0.2) is 13.8 Å². The molecular formula is C23H23F2N3O3S. The Bertz CT molecular complexity index is 1120. The molecule has 1 saturated carbocycles. The van der Waals surface area contributed by atoms with Gasteiger partial charge in [0.05, 0.1) is 29.2 Å². The van der Waals surface area contributed by atoms with Crippen molar-refractivity contribution in [3.8, 4) is 10.6 Å². The van der Waals surface area contributed by atoms with Crippen LogP contribution in [0.2, 0.25) is 0 Å². The van der Waals surface area contributed by atoms with Crippen molar-refractivity contribution in [1.29, 1.82) is 0 Å². The normalized spacial score (nSPS) is 25.5. The van der Waals surface area contributed by atoms with Gasteiger partial charge >= 0.3 is 0 Å². The lowest BCUT2D eigenvalue weighted by Crippen LogP contribution is -2.49. The Hall–Kier alpha value is -2.75. The number of aromatic nitrogens is 2. The quantitative estimate of drug-likeness (QED) is 0.539. The lowest BCUT2D eigenvalue weighted by molar-refractivity contribution is -0.123. The number of carbonyl (C=O) groups excluding carboxylic acids is 1. The summed E-state index contributed by atoms with van der Waals surface area (Å²) in [7, 11) is 0. The average Bonchev–Trinajstić information content (AvgIpc) is 3.22. The minimum atomic E-state index is -1.17. The Labute approximate surface area is 188 Å². The van der Waals surface area contributed by atoms with Gasteiger partial charge in [-0.2, -0.15) is 0 Å². The number of benzene rings is 1. The van der Waals surface area contributed by atoms with Gasteiger partial charge in [-0.3, -0.25) is 9.78 Å². The number of hydrogen-bond acceptors (Lipinski definition) is 6. The van der Waals surface area contributed by atoms with E-state index in [1.165, 1.54) is 17.6 Å². The lowest BCUT2D eigenvalue weighted by Gasteiger charge is -2.43. The minimum Gasteiger partial charge on any atom is -0.390 e. The van der Waals surface area contributed by atoms with E-state index in [4.69, 9.17) is 0 Å². The van der Waals surface area contributed by atoms with Crippen LogP contribution >= 0.6 is 11.3 Å². The van der Waals surface area contributed by atoms with Crippen molar-refractivity contribution in [2.75, 3.05) is 5.32 Å². The second kappa shape index (κ2) is 8.65. The fourth-order valence-corrected chi connectivity index (χ4v) is 4.95. The number of carbonyl (C=O) groups is 1. The van der Waals surface area contributed by atoms with E-state index >= 15 is 0 Å². The number of amides is 1. The van der Waals surface area contributed by atoms with E-state index in [1.807, 2.05) is 6.92 Å². The number of hydrogen-bond donors (Lipinski definition) is 3. The molecule has 0 aliphatic heterocycles. The van der Waals surface area contributed by atoms with Crippen LogP contribution in [0, 0.1) is 17.6 Å². The number of rotatable bonds is 4. The second-order valence-electron chi connectivity index (χ2n) is 8.36. The first kappa shape index (κ1) is 22.4. The molecule has 1 aromatic carbocycles. The summed E-state index contributed by atoms with van der Waals surface area (Å²) in [5.74, 6) is -2.26. The highest BCUT2D eigenvalue weighted by atomic mass is 32.1. The van der Waals surface area contributed by atoms with E-state index < -0.39 is 29.2 Å². The fourth-order valence-electron chi connectivity index (χ4n) is 4.10. The van der Waals surface area contributed by atoms with Crippen LogP contribution in [0.3, 0.4) is 0 Å². The minimum absolute atomic E-state index is 0.0300. The van der Waals surface area contributed by atoms with E-state index in [1.54, 1.807) is 19.2 Å². The molecule has 3 N–H and O–H groups in total. The van der Waals surface area contributed by atoms with Gasteiger partial charge in [0, 0.05) is 11.6 Å². The zero-order chi connectivity index (χ0) is 23.0. The highest BCUT2D eigenvalue weighted by Crippen LogP contribution is 2.43.